The molecule has 7 atom stereocenters. The topological polar surface area (TPSA) is 74.3 Å². The Morgan fingerprint density at radius 3 is 2.50 bits per heavy atom. The molecule has 0 aromatic heterocycles. The zero-order valence-electron chi connectivity index (χ0n) is 23.1. The van der Waals surface area contributed by atoms with Crippen molar-refractivity contribution in [1.29, 1.82) is 0 Å². The maximum absolute atomic E-state index is 14.8. The third-order valence-electron chi connectivity index (χ3n) is 10.3. The summed E-state index contributed by atoms with van der Waals surface area (Å²) in [6.45, 7) is 10.3. The van der Waals surface area contributed by atoms with Crippen molar-refractivity contribution in [3.05, 3.63) is 28.3 Å². The molecule has 1 saturated carbocycles. The highest BCUT2D eigenvalue weighted by Crippen LogP contribution is 2.60. The maximum atomic E-state index is 14.8. The van der Waals surface area contributed by atoms with Crippen molar-refractivity contribution >= 4 is 23.2 Å². The van der Waals surface area contributed by atoms with Crippen molar-refractivity contribution in [2.45, 2.75) is 51.4 Å². The molecule has 9 heteroatoms. The minimum Gasteiger partial charge on any atom is -0.496 e. The monoisotopic (exact) mass is 545 g/mol. The quantitative estimate of drug-likeness (QED) is 0.423. The van der Waals surface area contributed by atoms with Crippen molar-refractivity contribution in [1.82, 2.24) is 4.90 Å². The second-order valence-corrected chi connectivity index (χ2v) is 12.7. The lowest BCUT2D eigenvalue weighted by atomic mass is 9.63. The van der Waals surface area contributed by atoms with Crippen molar-refractivity contribution in [3.63, 3.8) is 0 Å². The minimum atomic E-state index is -1.27. The summed E-state index contributed by atoms with van der Waals surface area (Å²) in [4.78, 5) is 31.1. The van der Waals surface area contributed by atoms with Crippen LogP contribution in [0, 0.1) is 17.3 Å². The van der Waals surface area contributed by atoms with E-state index in [9.17, 15) is 9.59 Å². The molecule has 8 nitrogen and oxygen atoms in total. The third-order valence-corrected chi connectivity index (χ3v) is 10.7. The normalized spacial score (nSPS) is 40.3. The molecule has 206 valence electrons. The molecule has 1 aromatic carbocycles. The molecule has 2 bridgehead atoms. The molecule has 0 N–H and O–H groups in total. The molecule has 1 aromatic rings. The van der Waals surface area contributed by atoms with Crippen LogP contribution >= 0.6 is 11.6 Å². The van der Waals surface area contributed by atoms with E-state index in [0.29, 0.717) is 40.5 Å². The molecule has 1 aliphatic carbocycles. The standard InChI is InChI=1S/C29H38ClN2O6/c1-16-11-18-19(33)12-17(2)29(27(34)23-20(35-5)13-21(36-6)24(30)25(23)38-29)26(18)32(4)15-28(16,3)14-22(32)31-7-9-37-10-8-31/h11,13,17-18,22,26H,7-10,12,14-15H2,1-6H3/q+1. The van der Waals surface area contributed by atoms with Gasteiger partial charge < -0.3 is 23.4 Å². The lowest BCUT2D eigenvalue weighted by Crippen LogP contribution is -2.76. The largest absolute Gasteiger partial charge is 0.496 e. The van der Waals surface area contributed by atoms with Gasteiger partial charge in [-0.25, -0.2) is 4.90 Å². The molecule has 4 aliphatic heterocycles. The fourth-order valence-electron chi connectivity index (χ4n) is 8.40. The van der Waals surface area contributed by atoms with Crippen LogP contribution in [0.3, 0.4) is 0 Å². The molecule has 0 radical (unpaired) electrons. The van der Waals surface area contributed by atoms with Crippen LogP contribution in [-0.4, -0.2) is 92.9 Å². The van der Waals surface area contributed by atoms with Crippen LogP contribution in [0.1, 0.15) is 44.0 Å². The first kappa shape index (κ1) is 26.1. The second-order valence-electron chi connectivity index (χ2n) is 12.3. The number of ether oxygens (including phenoxy) is 4. The molecule has 7 unspecified atom stereocenters. The molecule has 3 fully saturated rings. The van der Waals surface area contributed by atoms with E-state index in [1.165, 1.54) is 19.8 Å². The molecule has 6 rings (SSSR count). The minimum absolute atomic E-state index is 0.0904. The summed E-state index contributed by atoms with van der Waals surface area (Å²) in [6.07, 6.45) is 3.49. The van der Waals surface area contributed by atoms with E-state index in [0.717, 1.165) is 26.1 Å². The molecule has 1 spiro atoms. The highest BCUT2D eigenvalue weighted by molar-refractivity contribution is 6.35. The van der Waals surface area contributed by atoms with E-state index < -0.39 is 17.6 Å². The van der Waals surface area contributed by atoms with Crippen molar-refractivity contribution in [2.75, 3.05) is 54.1 Å². The van der Waals surface area contributed by atoms with Crippen molar-refractivity contribution < 1.29 is 33.0 Å². The summed E-state index contributed by atoms with van der Waals surface area (Å²) in [5.74, 6) is 0.308. The average molecular weight is 546 g/mol. The van der Waals surface area contributed by atoms with E-state index in [1.807, 2.05) is 6.92 Å². The van der Waals surface area contributed by atoms with Crippen LogP contribution < -0.4 is 14.2 Å². The maximum Gasteiger partial charge on any atom is 0.226 e. The number of nitrogens with zero attached hydrogens (tertiary/aromatic N) is 2. The molecular formula is C29H38ClN2O6+. The van der Waals surface area contributed by atoms with Gasteiger partial charge in [0.2, 0.25) is 11.4 Å². The number of quaternary nitrogens is 1. The Labute approximate surface area is 229 Å². The number of Topliss-reactive ketones (excluding diaryl/α,β-unsaturated/α-hetero) is 2. The van der Waals surface area contributed by atoms with Gasteiger partial charge in [-0.3, -0.25) is 9.59 Å². The zero-order valence-corrected chi connectivity index (χ0v) is 23.9. The third kappa shape index (κ3) is 3.26. The Kier molecular flexibility index (Phi) is 5.97. The SMILES string of the molecule is COc1cc(OC)c2c(c1Cl)OC1(C2=O)C(C)CC(=O)C2C=C(C)C3(C)CC(N4CCOCC4)[N+](C)(C3)C21. The Morgan fingerprint density at radius 2 is 1.84 bits per heavy atom. The molecule has 5 aliphatic rings. The number of fused-ring (bicyclic) bond motifs is 6. The second kappa shape index (κ2) is 8.68. The van der Waals surface area contributed by atoms with Crippen LogP contribution in [0.4, 0.5) is 0 Å². The Morgan fingerprint density at radius 1 is 1.16 bits per heavy atom. The number of morpholine rings is 1. The number of hydrogen-bond donors (Lipinski definition) is 0. The number of carbonyl (C=O) groups is 2. The number of benzene rings is 1. The fourth-order valence-corrected chi connectivity index (χ4v) is 8.67. The summed E-state index contributed by atoms with van der Waals surface area (Å²) in [5.41, 5.74) is 0.214. The van der Waals surface area contributed by atoms with E-state index in [-0.39, 0.29) is 40.5 Å². The van der Waals surface area contributed by atoms with Gasteiger partial charge in [0.15, 0.2) is 11.8 Å². The number of halogens is 1. The number of hydrogen-bond acceptors (Lipinski definition) is 7. The Hall–Kier alpha value is -2.13. The summed E-state index contributed by atoms with van der Waals surface area (Å²) >= 11 is 6.78. The average Bonchev–Trinajstić information content (AvgIpc) is 3.33. The first-order valence-corrected chi connectivity index (χ1v) is 14.0. The highest BCUT2D eigenvalue weighted by atomic mass is 35.5. The van der Waals surface area contributed by atoms with E-state index in [4.69, 9.17) is 30.5 Å². The fraction of sp³-hybridized carbons (Fsp3) is 0.655. The number of ketones is 2. The Balaban J connectivity index is 1.58. The summed E-state index contributed by atoms with van der Waals surface area (Å²) in [6, 6.07) is 1.23. The Bertz CT molecular complexity index is 1240. The number of methoxy groups -OCH3 is 2. The predicted molar refractivity (Wildman–Crippen MR) is 142 cm³/mol. The van der Waals surface area contributed by atoms with Gasteiger partial charge in [-0.1, -0.05) is 37.1 Å². The molecule has 38 heavy (non-hydrogen) atoms. The van der Waals surface area contributed by atoms with Gasteiger partial charge in [-0.15, -0.1) is 0 Å². The van der Waals surface area contributed by atoms with Gasteiger partial charge >= 0.3 is 0 Å². The van der Waals surface area contributed by atoms with Gasteiger partial charge in [0, 0.05) is 43.3 Å². The predicted octanol–water partition coefficient (Wildman–Crippen LogP) is 3.74. The first-order chi connectivity index (χ1) is 18.0. The summed E-state index contributed by atoms with van der Waals surface area (Å²) in [5, 5.41) is 0.258. The molecule has 4 heterocycles. The van der Waals surface area contributed by atoms with Crippen molar-refractivity contribution in [2.24, 2.45) is 17.3 Å². The van der Waals surface area contributed by atoms with Gasteiger partial charge in [0.1, 0.15) is 34.0 Å². The molecule has 2 saturated heterocycles. The van der Waals surface area contributed by atoms with Crippen LogP contribution in [0.5, 0.6) is 17.2 Å². The van der Waals surface area contributed by atoms with Crippen molar-refractivity contribution in [3.8, 4) is 17.2 Å². The van der Waals surface area contributed by atoms with Crippen LogP contribution in [0.25, 0.3) is 0 Å². The van der Waals surface area contributed by atoms with E-state index >= 15 is 0 Å². The number of rotatable bonds is 3. The van der Waals surface area contributed by atoms with Gasteiger partial charge in [-0.2, -0.15) is 0 Å². The molecule has 0 amide bonds. The first-order valence-electron chi connectivity index (χ1n) is 13.6. The van der Waals surface area contributed by atoms with Gasteiger partial charge in [-0.05, 0) is 6.92 Å². The van der Waals surface area contributed by atoms with Crippen LogP contribution in [0.2, 0.25) is 5.02 Å². The van der Waals surface area contributed by atoms with Crippen LogP contribution in [-0.2, 0) is 9.53 Å². The molecular weight excluding hydrogens is 508 g/mol. The van der Waals surface area contributed by atoms with Gasteiger partial charge in [0.05, 0.1) is 46.9 Å². The van der Waals surface area contributed by atoms with Gasteiger partial charge in [0.25, 0.3) is 0 Å². The summed E-state index contributed by atoms with van der Waals surface area (Å²) in [7, 11) is 5.30. The lowest BCUT2D eigenvalue weighted by molar-refractivity contribution is -0.963. The number of carbonyl (C=O) groups excluding carboxylic acids is 2. The summed E-state index contributed by atoms with van der Waals surface area (Å²) < 4.78 is 24.3. The van der Waals surface area contributed by atoms with Crippen LogP contribution in [0.15, 0.2) is 17.7 Å². The van der Waals surface area contributed by atoms with E-state index in [2.05, 4.69) is 31.9 Å². The number of likely N-dealkylation sites (N-methyl/N-ethyl adjacent to an activating group) is 1. The zero-order chi connectivity index (χ0) is 27.2. The smallest absolute Gasteiger partial charge is 0.226 e. The highest BCUT2D eigenvalue weighted by Gasteiger charge is 2.74. The van der Waals surface area contributed by atoms with E-state index in [1.54, 1.807) is 6.07 Å². The lowest BCUT2D eigenvalue weighted by Gasteiger charge is -2.56.